The van der Waals surface area contributed by atoms with Gasteiger partial charge >= 0.3 is 0 Å². The minimum absolute atomic E-state index is 0.520. The zero-order valence-corrected chi connectivity index (χ0v) is 16.0. The molecule has 0 spiro atoms. The summed E-state index contributed by atoms with van der Waals surface area (Å²) in [6.45, 7) is 1.84. The Bertz CT molecular complexity index is 1050. The zero-order valence-electron chi connectivity index (χ0n) is 15.2. The lowest BCUT2D eigenvalue weighted by Gasteiger charge is -2.12. The Morgan fingerprint density at radius 1 is 1.00 bits per heavy atom. The molecule has 3 aromatic rings. The van der Waals surface area contributed by atoms with Crippen molar-refractivity contribution >= 4 is 27.2 Å². The lowest BCUT2D eigenvalue weighted by Crippen LogP contribution is -2.10. The van der Waals surface area contributed by atoms with Crippen LogP contribution in [0.2, 0.25) is 0 Å². The van der Waals surface area contributed by atoms with E-state index in [1.807, 2.05) is 49.4 Å². The SMILES string of the molecule is COc1ccc(-c2cc(Nc3ccc(C)c(NS(C)(=O)=O)c3)ncn2)cc1. The predicted octanol–water partition coefficient (Wildman–Crippen LogP) is 3.58. The first-order valence-electron chi connectivity index (χ1n) is 8.16. The second-order valence-corrected chi connectivity index (χ2v) is 7.79. The number of sulfonamides is 1. The Morgan fingerprint density at radius 2 is 1.74 bits per heavy atom. The van der Waals surface area contributed by atoms with E-state index in [0.717, 1.165) is 28.8 Å². The summed E-state index contributed by atoms with van der Waals surface area (Å²) in [5.41, 5.74) is 3.76. The van der Waals surface area contributed by atoms with Crippen molar-refractivity contribution in [3.8, 4) is 17.0 Å². The molecule has 0 unspecified atom stereocenters. The number of nitrogens with one attached hydrogen (secondary N) is 2. The molecule has 0 saturated heterocycles. The number of anilines is 3. The number of ether oxygens (including phenoxy) is 1. The maximum Gasteiger partial charge on any atom is 0.229 e. The fourth-order valence-electron chi connectivity index (χ4n) is 2.50. The molecule has 3 rings (SSSR count). The smallest absolute Gasteiger partial charge is 0.229 e. The molecule has 0 atom stereocenters. The number of benzene rings is 2. The van der Waals surface area contributed by atoms with Crippen molar-refractivity contribution in [2.45, 2.75) is 6.92 Å². The minimum Gasteiger partial charge on any atom is -0.497 e. The maximum absolute atomic E-state index is 11.5. The van der Waals surface area contributed by atoms with Crippen LogP contribution in [-0.2, 0) is 10.0 Å². The third-order valence-electron chi connectivity index (χ3n) is 3.86. The highest BCUT2D eigenvalue weighted by atomic mass is 32.2. The van der Waals surface area contributed by atoms with Gasteiger partial charge in [0.15, 0.2) is 0 Å². The van der Waals surface area contributed by atoms with Crippen LogP contribution in [0.15, 0.2) is 54.9 Å². The maximum atomic E-state index is 11.5. The van der Waals surface area contributed by atoms with Gasteiger partial charge in [-0.05, 0) is 48.9 Å². The molecule has 140 valence electrons. The second kappa shape index (κ2) is 7.63. The van der Waals surface area contributed by atoms with Crippen LogP contribution in [0.1, 0.15) is 5.56 Å². The van der Waals surface area contributed by atoms with Crippen molar-refractivity contribution in [1.82, 2.24) is 9.97 Å². The first kappa shape index (κ1) is 18.7. The van der Waals surface area contributed by atoms with Crippen LogP contribution in [0, 0.1) is 6.92 Å². The molecule has 2 aromatic carbocycles. The molecule has 0 aliphatic carbocycles. The molecule has 1 heterocycles. The largest absolute Gasteiger partial charge is 0.497 e. The number of aryl methyl sites for hydroxylation is 1. The van der Waals surface area contributed by atoms with Crippen LogP contribution in [0.5, 0.6) is 5.75 Å². The third-order valence-corrected chi connectivity index (χ3v) is 4.45. The molecule has 0 radical (unpaired) electrons. The Hall–Kier alpha value is -3.13. The molecule has 0 aliphatic rings. The van der Waals surface area contributed by atoms with Crippen LogP contribution >= 0.6 is 0 Å². The highest BCUT2D eigenvalue weighted by molar-refractivity contribution is 7.92. The normalized spacial score (nSPS) is 11.1. The highest BCUT2D eigenvalue weighted by Crippen LogP contribution is 2.26. The summed E-state index contributed by atoms with van der Waals surface area (Å²) in [6, 6.07) is 14.8. The lowest BCUT2D eigenvalue weighted by molar-refractivity contribution is 0.415. The Kier molecular flexibility index (Phi) is 5.27. The average Bonchev–Trinajstić information content (AvgIpc) is 2.64. The fraction of sp³-hybridized carbons (Fsp3) is 0.158. The molecule has 0 aliphatic heterocycles. The van der Waals surface area contributed by atoms with Gasteiger partial charge in [-0.3, -0.25) is 4.72 Å². The van der Waals surface area contributed by atoms with E-state index >= 15 is 0 Å². The third kappa shape index (κ3) is 4.95. The van der Waals surface area contributed by atoms with Gasteiger partial charge < -0.3 is 10.1 Å². The summed E-state index contributed by atoms with van der Waals surface area (Å²) < 4.78 is 30.7. The highest BCUT2D eigenvalue weighted by Gasteiger charge is 2.08. The van der Waals surface area contributed by atoms with Gasteiger partial charge in [-0.25, -0.2) is 18.4 Å². The standard InChI is InChI=1S/C19H20N4O3S/c1-13-4-7-15(10-17(13)23-27(3,24)25)22-19-11-18(20-12-21-19)14-5-8-16(26-2)9-6-14/h4-12,23H,1-3H3,(H,20,21,22). The van der Waals surface area contributed by atoms with Crippen molar-refractivity contribution in [3.63, 3.8) is 0 Å². The van der Waals surface area contributed by atoms with Crippen LogP contribution in [0.4, 0.5) is 17.2 Å². The number of methoxy groups -OCH3 is 1. The van der Waals surface area contributed by atoms with Crippen molar-refractivity contribution in [1.29, 1.82) is 0 Å². The zero-order chi connectivity index (χ0) is 19.4. The van der Waals surface area contributed by atoms with Gasteiger partial charge in [-0.1, -0.05) is 6.07 Å². The van der Waals surface area contributed by atoms with Crippen molar-refractivity contribution < 1.29 is 13.2 Å². The molecule has 0 bridgehead atoms. The first-order valence-corrected chi connectivity index (χ1v) is 10.0. The monoisotopic (exact) mass is 384 g/mol. The number of nitrogens with zero attached hydrogens (tertiary/aromatic N) is 2. The minimum atomic E-state index is -3.35. The van der Waals surface area contributed by atoms with E-state index in [-0.39, 0.29) is 0 Å². The quantitative estimate of drug-likeness (QED) is 0.675. The van der Waals surface area contributed by atoms with Gasteiger partial charge in [0.2, 0.25) is 10.0 Å². The predicted molar refractivity (Wildman–Crippen MR) is 107 cm³/mol. The van der Waals surface area contributed by atoms with Gasteiger partial charge in [0.25, 0.3) is 0 Å². The summed E-state index contributed by atoms with van der Waals surface area (Å²) in [5, 5.41) is 3.18. The number of rotatable bonds is 6. The first-order chi connectivity index (χ1) is 12.8. The van der Waals surface area contributed by atoms with E-state index < -0.39 is 10.0 Å². The Morgan fingerprint density at radius 3 is 2.41 bits per heavy atom. The van der Waals surface area contributed by atoms with E-state index in [0.29, 0.717) is 17.2 Å². The van der Waals surface area contributed by atoms with Crippen LogP contribution in [0.25, 0.3) is 11.3 Å². The van der Waals surface area contributed by atoms with E-state index in [1.165, 1.54) is 6.33 Å². The average molecular weight is 384 g/mol. The summed E-state index contributed by atoms with van der Waals surface area (Å²) in [7, 11) is -1.73. The van der Waals surface area contributed by atoms with E-state index in [1.54, 1.807) is 13.2 Å². The molecule has 27 heavy (non-hydrogen) atoms. The molecule has 0 amide bonds. The van der Waals surface area contributed by atoms with Crippen molar-refractivity contribution in [2.75, 3.05) is 23.4 Å². The van der Waals surface area contributed by atoms with Crippen molar-refractivity contribution in [3.05, 3.63) is 60.4 Å². The van der Waals surface area contributed by atoms with Gasteiger partial charge in [-0.15, -0.1) is 0 Å². The van der Waals surface area contributed by atoms with E-state index in [9.17, 15) is 8.42 Å². The number of aromatic nitrogens is 2. The molecule has 8 heteroatoms. The molecular weight excluding hydrogens is 364 g/mol. The van der Waals surface area contributed by atoms with Gasteiger partial charge in [0.1, 0.15) is 17.9 Å². The second-order valence-electron chi connectivity index (χ2n) is 6.05. The molecule has 2 N–H and O–H groups in total. The van der Waals surface area contributed by atoms with Gasteiger partial charge in [0, 0.05) is 17.3 Å². The summed E-state index contributed by atoms with van der Waals surface area (Å²) in [4.78, 5) is 8.54. The molecule has 7 nitrogen and oxygen atoms in total. The van der Waals surface area contributed by atoms with Crippen LogP contribution < -0.4 is 14.8 Å². The number of hydrogen-bond acceptors (Lipinski definition) is 6. The fourth-order valence-corrected chi connectivity index (χ4v) is 3.12. The molecule has 0 saturated carbocycles. The molecule has 0 fully saturated rings. The number of hydrogen-bond donors (Lipinski definition) is 2. The summed E-state index contributed by atoms with van der Waals surface area (Å²) in [6.07, 6.45) is 2.60. The van der Waals surface area contributed by atoms with Crippen molar-refractivity contribution in [2.24, 2.45) is 0 Å². The van der Waals surface area contributed by atoms with E-state index in [4.69, 9.17) is 4.74 Å². The topological polar surface area (TPSA) is 93.2 Å². The summed E-state index contributed by atoms with van der Waals surface area (Å²) in [5.74, 6) is 1.38. The summed E-state index contributed by atoms with van der Waals surface area (Å²) >= 11 is 0. The molecule has 1 aromatic heterocycles. The van der Waals surface area contributed by atoms with Crippen LogP contribution in [-0.4, -0.2) is 31.8 Å². The Labute approximate surface area is 158 Å². The Balaban J connectivity index is 1.85. The molecular formula is C19H20N4O3S. The van der Waals surface area contributed by atoms with E-state index in [2.05, 4.69) is 20.0 Å². The van der Waals surface area contributed by atoms with Gasteiger partial charge in [0.05, 0.1) is 24.7 Å². The van der Waals surface area contributed by atoms with Gasteiger partial charge in [-0.2, -0.15) is 0 Å². The lowest BCUT2D eigenvalue weighted by atomic mass is 10.1. The van der Waals surface area contributed by atoms with Crippen LogP contribution in [0.3, 0.4) is 0 Å².